The fraction of sp³-hybridized carbons (Fsp3) is 0.714. The molecule has 4 nitrogen and oxygen atoms in total. The van der Waals surface area contributed by atoms with Crippen LogP contribution in [0.15, 0.2) is 0 Å². The van der Waals surface area contributed by atoms with Gasteiger partial charge in [-0.2, -0.15) is 4.37 Å². The quantitative estimate of drug-likeness (QED) is 0.717. The van der Waals surface area contributed by atoms with Gasteiger partial charge in [0.25, 0.3) is 0 Å². The van der Waals surface area contributed by atoms with Gasteiger partial charge >= 0.3 is 0 Å². The average molecular weight is 185 g/mol. The lowest BCUT2D eigenvalue weighted by atomic mass is 10.1. The average Bonchev–Trinajstić information content (AvgIpc) is 2.54. The topological polar surface area (TPSA) is 61.0 Å². The van der Waals surface area contributed by atoms with E-state index in [2.05, 4.69) is 9.36 Å². The van der Waals surface area contributed by atoms with Gasteiger partial charge in [0.2, 0.25) is 5.95 Å². The first kappa shape index (κ1) is 7.94. The number of anilines is 1. The molecule has 0 aliphatic carbocycles. The first-order valence-electron chi connectivity index (χ1n) is 4.07. The summed E-state index contributed by atoms with van der Waals surface area (Å²) in [6.45, 7) is 0.837. The Labute approximate surface area is 74.9 Å². The lowest BCUT2D eigenvalue weighted by molar-refractivity contribution is 0.0149. The summed E-state index contributed by atoms with van der Waals surface area (Å²) in [5.41, 5.74) is 5.42. The maximum Gasteiger partial charge on any atom is 0.232 e. The van der Waals surface area contributed by atoms with Crippen LogP contribution in [-0.2, 0) is 4.74 Å². The number of ether oxygens (including phenoxy) is 1. The summed E-state index contributed by atoms with van der Waals surface area (Å²) in [4.78, 5) is 4.09. The molecule has 0 aromatic carbocycles. The summed E-state index contributed by atoms with van der Waals surface area (Å²) >= 11 is 1.34. The zero-order chi connectivity index (χ0) is 8.39. The molecule has 12 heavy (non-hydrogen) atoms. The molecule has 66 valence electrons. The maximum absolute atomic E-state index is 5.53. The van der Waals surface area contributed by atoms with E-state index in [1.807, 2.05) is 0 Å². The van der Waals surface area contributed by atoms with Crippen LogP contribution in [-0.4, -0.2) is 16.0 Å². The van der Waals surface area contributed by atoms with Gasteiger partial charge in [-0.05, 0) is 30.8 Å². The Balaban J connectivity index is 2.08. The van der Waals surface area contributed by atoms with Crippen LogP contribution >= 0.6 is 11.5 Å². The minimum Gasteiger partial charge on any atom is -0.371 e. The van der Waals surface area contributed by atoms with Gasteiger partial charge in [0.1, 0.15) is 11.1 Å². The highest BCUT2D eigenvalue weighted by atomic mass is 32.1. The number of nitrogen functional groups attached to an aromatic ring is 1. The van der Waals surface area contributed by atoms with Crippen molar-refractivity contribution in [3.8, 4) is 0 Å². The van der Waals surface area contributed by atoms with Crippen LogP contribution < -0.4 is 5.73 Å². The van der Waals surface area contributed by atoms with Gasteiger partial charge < -0.3 is 10.5 Å². The molecule has 1 aliphatic rings. The first-order chi connectivity index (χ1) is 5.86. The fourth-order valence-corrected chi connectivity index (χ4v) is 1.98. The van der Waals surface area contributed by atoms with Crippen LogP contribution in [0.3, 0.4) is 0 Å². The molecule has 1 aromatic rings. The summed E-state index contributed by atoms with van der Waals surface area (Å²) < 4.78 is 9.45. The van der Waals surface area contributed by atoms with Gasteiger partial charge in [-0.15, -0.1) is 0 Å². The number of rotatable bonds is 1. The molecule has 2 heterocycles. The van der Waals surface area contributed by atoms with Crippen molar-refractivity contribution in [3.05, 3.63) is 5.01 Å². The molecule has 1 fully saturated rings. The molecule has 5 heteroatoms. The third-order valence-corrected chi connectivity index (χ3v) is 2.73. The number of nitrogens with zero attached hydrogens (tertiary/aromatic N) is 2. The molecular weight excluding hydrogens is 174 g/mol. The third-order valence-electron chi connectivity index (χ3n) is 1.91. The van der Waals surface area contributed by atoms with E-state index in [9.17, 15) is 0 Å². The number of nitrogens with two attached hydrogens (primary N) is 1. The third kappa shape index (κ3) is 1.56. The largest absolute Gasteiger partial charge is 0.371 e. The molecule has 0 spiro atoms. The second-order valence-corrected chi connectivity index (χ2v) is 3.63. The highest BCUT2D eigenvalue weighted by molar-refractivity contribution is 7.05. The van der Waals surface area contributed by atoms with Crippen LogP contribution in [0.4, 0.5) is 5.95 Å². The van der Waals surface area contributed by atoms with Crippen molar-refractivity contribution in [1.82, 2.24) is 9.36 Å². The normalized spacial score (nSPS) is 24.2. The van der Waals surface area contributed by atoms with Crippen LogP contribution in [0.1, 0.15) is 30.4 Å². The van der Waals surface area contributed by atoms with Crippen LogP contribution in [0.2, 0.25) is 0 Å². The van der Waals surface area contributed by atoms with Gasteiger partial charge in [-0.3, -0.25) is 0 Å². The predicted molar refractivity (Wildman–Crippen MR) is 46.9 cm³/mol. The second-order valence-electron chi connectivity index (χ2n) is 2.85. The molecule has 2 N–H and O–H groups in total. The molecule has 1 saturated heterocycles. The van der Waals surface area contributed by atoms with Crippen LogP contribution in [0, 0.1) is 0 Å². The van der Waals surface area contributed by atoms with Gasteiger partial charge in [0.15, 0.2) is 0 Å². The maximum atomic E-state index is 5.53. The van der Waals surface area contributed by atoms with Crippen LogP contribution in [0.25, 0.3) is 0 Å². The van der Waals surface area contributed by atoms with Crippen molar-refractivity contribution in [2.45, 2.75) is 25.4 Å². The SMILES string of the molecule is Nc1nsc(C2CCCCO2)n1. The lowest BCUT2D eigenvalue weighted by Gasteiger charge is -2.19. The Hall–Kier alpha value is -0.680. The first-order valence-corrected chi connectivity index (χ1v) is 4.84. The van der Waals surface area contributed by atoms with Crippen molar-refractivity contribution < 1.29 is 4.74 Å². The van der Waals surface area contributed by atoms with Crippen molar-refractivity contribution in [1.29, 1.82) is 0 Å². The van der Waals surface area contributed by atoms with Gasteiger partial charge in [0.05, 0.1) is 0 Å². The Bertz CT molecular complexity index is 257. The highest BCUT2D eigenvalue weighted by Crippen LogP contribution is 2.28. The molecule has 0 bridgehead atoms. The van der Waals surface area contributed by atoms with Crippen molar-refractivity contribution in [3.63, 3.8) is 0 Å². The van der Waals surface area contributed by atoms with Gasteiger partial charge in [-0.25, -0.2) is 4.98 Å². The number of hydrogen-bond donors (Lipinski definition) is 1. The van der Waals surface area contributed by atoms with E-state index in [1.54, 1.807) is 0 Å². The standard InChI is InChI=1S/C7H11N3OS/c8-7-9-6(12-10-7)5-3-1-2-4-11-5/h5H,1-4H2,(H2,8,10). The zero-order valence-corrected chi connectivity index (χ0v) is 7.51. The second kappa shape index (κ2) is 3.37. The highest BCUT2D eigenvalue weighted by Gasteiger charge is 2.19. The molecule has 1 aliphatic heterocycles. The summed E-state index contributed by atoms with van der Waals surface area (Å²) in [6, 6.07) is 0. The molecule has 1 aromatic heterocycles. The van der Waals surface area contributed by atoms with Crippen molar-refractivity contribution in [2.24, 2.45) is 0 Å². The minimum absolute atomic E-state index is 0.147. The van der Waals surface area contributed by atoms with E-state index in [-0.39, 0.29) is 6.10 Å². The van der Waals surface area contributed by atoms with Crippen molar-refractivity contribution in [2.75, 3.05) is 12.3 Å². The smallest absolute Gasteiger partial charge is 0.232 e. The number of aromatic nitrogens is 2. The summed E-state index contributed by atoms with van der Waals surface area (Å²) in [7, 11) is 0. The molecule has 1 unspecified atom stereocenters. The van der Waals surface area contributed by atoms with Gasteiger partial charge in [-0.1, -0.05) is 0 Å². The Kier molecular flexibility index (Phi) is 2.23. The molecule has 0 saturated carbocycles. The molecule has 0 amide bonds. The van der Waals surface area contributed by atoms with Crippen molar-refractivity contribution >= 4 is 17.5 Å². The van der Waals surface area contributed by atoms with E-state index in [4.69, 9.17) is 10.5 Å². The van der Waals surface area contributed by atoms with Gasteiger partial charge in [0, 0.05) is 6.61 Å². The van der Waals surface area contributed by atoms with E-state index >= 15 is 0 Å². The minimum atomic E-state index is 0.147. The Morgan fingerprint density at radius 2 is 2.42 bits per heavy atom. The Morgan fingerprint density at radius 3 is 3.00 bits per heavy atom. The van der Waals surface area contributed by atoms with Crippen LogP contribution in [0.5, 0.6) is 0 Å². The zero-order valence-electron chi connectivity index (χ0n) is 6.69. The summed E-state index contributed by atoms with van der Waals surface area (Å²) in [5.74, 6) is 0.365. The van der Waals surface area contributed by atoms with E-state index in [1.165, 1.54) is 18.0 Å². The number of hydrogen-bond acceptors (Lipinski definition) is 5. The molecule has 0 radical (unpaired) electrons. The summed E-state index contributed by atoms with van der Waals surface area (Å²) in [6.07, 6.45) is 3.57. The lowest BCUT2D eigenvalue weighted by Crippen LogP contribution is -2.11. The van der Waals surface area contributed by atoms with E-state index in [0.29, 0.717) is 5.95 Å². The molecular formula is C7H11N3OS. The molecule has 1 atom stereocenters. The van der Waals surface area contributed by atoms with E-state index in [0.717, 1.165) is 24.5 Å². The molecule has 2 rings (SSSR count). The fourth-order valence-electron chi connectivity index (χ4n) is 1.31. The van der Waals surface area contributed by atoms with E-state index < -0.39 is 0 Å². The predicted octanol–water partition coefficient (Wildman–Crippen LogP) is 1.36. The summed E-state index contributed by atoms with van der Waals surface area (Å²) in [5, 5.41) is 0.923. The monoisotopic (exact) mass is 185 g/mol. The Morgan fingerprint density at radius 1 is 1.50 bits per heavy atom.